The molecule has 1 amide bonds. The van der Waals surface area contributed by atoms with Crippen LogP contribution in [-0.4, -0.2) is 44.1 Å². The van der Waals surface area contributed by atoms with E-state index in [0.29, 0.717) is 23.8 Å². The van der Waals surface area contributed by atoms with E-state index in [1.165, 1.54) is 28.8 Å². The Balaban J connectivity index is 1.81. The highest BCUT2D eigenvalue weighted by Crippen LogP contribution is 2.33. The standard InChI is InChI=1S/C16H19N3O5S2/c1-3-24-16(20)18-15-17-11-8-9-19(10-13(11)25-15)26(21,22)14-7-5-4-6-12(14)23-2/h4-7H,3,8-10H2,1-2H3,(H,17,18,20). The third-order valence-electron chi connectivity index (χ3n) is 3.87. The summed E-state index contributed by atoms with van der Waals surface area (Å²) in [7, 11) is -2.25. The second-order valence-electron chi connectivity index (χ2n) is 5.47. The maximum atomic E-state index is 13.0. The molecule has 0 fully saturated rings. The average molecular weight is 397 g/mol. The predicted molar refractivity (Wildman–Crippen MR) is 97.1 cm³/mol. The third-order valence-corrected chi connectivity index (χ3v) is 6.75. The molecule has 0 radical (unpaired) electrons. The molecule has 0 saturated carbocycles. The van der Waals surface area contributed by atoms with Gasteiger partial charge in [0, 0.05) is 17.8 Å². The number of nitrogens with zero attached hydrogens (tertiary/aromatic N) is 2. The van der Waals surface area contributed by atoms with Gasteiger partial charge in [-0.1, -0.05) is 23.5 Å². The van der Waals surface area contributed by atoms with Gasteiger partial charge in [-0.2, -0.15) is 4.31 Å². The fourth-order valence-electron chi connectivity index (χ4n) is 2.66. The number of thiazole rings is 1. The van der Waals surface area contributed by atoms with Crippen LogP contribution in [0.5, 0.6) is 5.75 Å². The number of hydrogen-bond donors (Lipinski definition) is 1. The first kappa shape index (κ1) is 18.6. The highest BCUT2D eigenvalue weighted by molar-refractivity contribution is 7.89. The second-order valence-corrected chi connectivity index (χ2v) is 8.46. The van der Waals surface area contributed by atoms with Gasteiger partial charge in [0.2, 0.25) is 10.0 Å². The maximum Gasteiger partial charge on any atom is 0.413 e. The van der Waals surface area contributed by atoms with Crippen LogP contribution in [0.3, 0.4) is 0 Å². The van der Waals surface area contributed by atoms with Gasteiger partial charge in [0.1, 0.15) is 10.6 Å². The summed E-state index contributed by atoms with van der Waals surface area (Å²) in [6.07, 6.45) is -0.0952. The quantitative estimate of drug-likeness (QED) is 0.832. The molecule has 3 rings (SSSR count). The van der Waals surface area contributed by atoms with Crippen molar-refractivity contribution in [3.8, 4) is 5.75 Å². The van der Waals surface area contributed by atoms with Crippen LogP contribution in [0.4, 0.5) is 9.93 Å². The number of methoxy groups -OCH3 is 1. The molecule has 0 spiro atoms. The molecule has 1 aromatic carbocycles. The SMILES string of the molecule is CCOC(=O)Nc1nc2c(s1)CN(S(=O)(=O)c1ccccc1OC)CC2. The number of nitrogens with one attached hydrogen (secondary N) is 1. The fraction of sp³-hybridized carbons (Fsp3) is 0.375. The number of carbonyl (C=O) groups excluding carboxylic acids is 1. The van der Waals surface area contributed by atoms with Gasteiger partial charge in [-0.25, -0.2) is 18.2 Å². The molecule has 0 bridgehead atoms. The lowest BCUT2D eigenvalue weighted by atomic mass is 10.2. The molecule has 26 heavy (non-hydrogen) atoms. The number of para-hydroxylation sites is 1. The van der Waals surface area contributed by atoms with E-state index in [-0.39, 0.29) is 18.0 Å². The highest BCUT2D eigenvalue weighted by Gasteiger charge is 2.32. The molecule has 10 heteroatoms. The number of sulfonamides is 1. The zero-order chi connectivity index (χ0) is 18.7. The number of hydrogen-bond acceptors (Lipinski definition) is 7. The number of aromatic nitrogens is 1. The first-order chi connectivity index (χ1) is 12.5. The van der Waals surface area contributed by atoms with E-state index in [2.05, 4.69) is 10.3 Å². The minimum Gasteiger partial charge on any atom is -0.495 e. The lowest BCUT2D eigenvalue weighted by Gasteiger charge is -2.26. The Labute approximate surface area is 155 Å². The lowest BCUT2D eigenvalue weighted by Crippen LogP contribution is -2.35. The Morgan fingerprint density at radius 2 is 2.15 bits per heavy atom. The van der Waals surface area contributed by atoms with Crippen LogP contribution in [0.25, 0.3) is 0 Å². The summed E-state index contributed by atoms with van der Waals surface area (Å²) in [5, 5.41) is 2.97. The summed E-state index contributed by atoms with van der Waals surface area (Å²) >= 11 is 1.25. The molecule has 1 aromatic heterocycles. The first-order valence-corrected chi connectivity index (χ1v) is 10.3. The second kappa shape index (κ2) is 7.60. The molecular weight excluding hydrogens is 378 g/mol. The van der Waals surface area contributed by atoms with Crippen molar-refractivity contribution in [1.82, 2.24) is 9.29 Å². The summed E-state index contributed by atoms with van der Waals surface area (Å²) in [4.78, 5) is 16.8. The van der Waals surface area contributed by atoms with Crippen LogP contribution in [0.2, 0.25) is 0 Å². The lowest BCUT2D eigenvalue weighted by molar-refractivity contribution is 0.168. The number of amides is 1. The summed E-state index contributed by atoms with van der Waals surface area (Å²) < 4.78 is 37.4. The van der Waals surface area contributed by atoms with Crippen LogP contribution in [0.1, 0.15) is 17.5 Å². The number of anilines is 1. The van der Waals surface area contributed by atoms with Crippen molar-refractivity contribution < 1.29 is 22.7 Å². The van der Waals surface area contributed by atoms with E-state index in [1.807, 2.05) is 0 Å². The molecule has 1 aliphatic heterocycles. The van der Waals surface area contributed by atoms with Gasteiger partial charge in [0.05, 0.1) is 26.0 Å². The van der Waals surface area contributed by atoms with Crippen LogP contribution in [0.15, 0.2) is 29.2 Å². The first-order valence-electron chi connectivity index (χ1n) is 8.01. The molecule has 0 unspecified atom stereocenters. The molecule has 140 valence electrons. The Morgan fingerprint density at radius 3 is 2.88 bits per heavy atom. The number of fused-ring (bicyclic) bond motifs is 1. The monoisotopic (exact) mass is 397 g/mol. The Kier molecular flexibility index (Phi) is 5.44. The molecule has 2 heterocycles. The van der Waals surface area contributed by atoms with Crippen LogP contribution >= 0.6 is 11.3 Å². The minimum absolute atomic E-state index is 0.139. The zero-order valence-corrected chi connectivity index (χ0v) is 16.0. The van der Waals surface area contributed by atoms with Crippen molar-refractivity contribution >= 4 is 32.6 Å². The molecule has 1 aliphatic rings. The molecule has 0 saturated heterocycles. The van der Waals surface area contributed by atoms with Crippen molar-refractivity contribution in [3.05, 3.63) is 34.8 Å². The van der Waals surface area contributed by atoms with E-state index >= 15 is 0 Å². The van der Waals surface area contributed by atoms with E-state index < -0.39 is 16.1 Å². The van der Waals surface area contributed by atoms with Crippen molar-refractivity contribution in [3.63, 3.8) is 0 Å². The smallest absolute Gasteiger partial charge is 0.413 e. The Bertz CT molecular complexity index is 910. The molecule has 8 nitrogen and oxygen atoms in total. The van der Waals surface area contributed by atoms with Crippen molar-refractivity contribution in [2.45, 2.75) is 24.8 Å². The van der Waals surface area contributed by atoms with Gasteiger partial charge in [0.15, 0.2) is 5.13 Å². The topological polar surface area (TPSA) is 97.8 Å². The minimum atomic E-state index is -3.69. The number of ether oxygens (including phenoxy) is 2. The van der Waals surface area contributed by atoms with Gasteiger partial charge in [0.25, 0.3) is 0 Å². The van der Waals surface area contributed by atoms with Crippen molar-refractivity contribution in [2.75, 3.05) is 25.6 Å². The average Bonchev–Trinajstić information content (AvgIpc) is 3.03. The maximum absolute atomic E-state index is 13.0. The van der Waals surface area contributed by atoms with Crippen LogP contribution < -0.4 is 10.1 Å². The summed E-state index contributed by atoms with van der Waals surface area (Å²) in [6.45, 7) is 2.50. The molecule has 0 atom stereocenters. The van der Waals surface area contributed by atoms with E-state index in [9.17, 15) is 13.2 Å². The molecule has 1 N–H and O–H groups in total. The van der Waals surface area contributed by atoms with Crippen molar-refractivity contribution in [1.29, 1.82) is 0 Å². The fourth-order valence-corrected chi connectivity index (χ4v) is 5.31. The van der Waals surface area contributed by atoms with Crippen LogP contribution in [-0.2, 0) is 27.7 Å². The molecular formula is C16H19N3O5S2. The normalized spacial score (nSPS) is 14.5. The predicted octanol–water partition coefficient (Wildman–Crippen LogP) is 2.47. The van der Waals surface area contributed by atoms with Gasteiger partial charge in [-0.15, -0.1) is 0 Å². The molecule has 2 aromatic rings. The summed E-state index contributed by atoms with van der Waals surface area (Å²) in [5.74, 6) is 0.312. The largest absolute Gasteiger partial charge is 0.495 e. The van der Waals surface area contributed by atoms with E-state index in [0.717, 1.165) is 10.6 Å². The Morgan fingerprint density at radius 1 is 1.38 bits per heavy atom. The van der Waals surface area contributed by atoms with Gasteiger partial charge in [-0.05, 0) is 19.1 Å². The van der Waals surface area contributed by atoms with E-state index in [1.54, 1.807) is 25.1 Å². The number of rotatable bonds is 5. The zero-order valence-electron chi connectivity index (χ0n) is 14.4. The van der Waals surface area contributed by atoms with Gasteiger partial charge in [-0.3, -0.25) is 5.32 Å². The summed E-state index contributed by atoms with van der Waals surface area (Å²) in [5.41, 5.74) is 0.799. The van der Waals surface area contributed by atoms with Crippen LogP contribution in [0, 0.1) is 0 Å². The highest BCUT2D eigenvalue weighted by atomic mass is 32.2. The molecule has 0 aliphatic carbocycles. The van der Waals surface area contributed by atoms with Crippen molar-refractivity contribution in [2.24, 2.45) is 0 Å². The number of carbonyl (C=O) groups is 1. The van der Waals surface area contributed by atoms with E-state index in [4.69, 9.17) is 9.47 Å². The van der Waals surface area contributed by atoms with Gasteiger partial charge >= 0.3 is 6.09 Å². The van der Waals surface area contributed by atoms with Gasteiger partial charge < -0.3 is 9.47 Å². The number of benzene rings is 1. The summed E-state index contributed by atoms with van der Waals surface area (Å²) in [6, 6.07) is 6.54. The Hall–Kier alpha value is -2.17. The third kappa shape index (κ3) is 3.67.